The molecule has 0 aliphatic heterocycles. The summed E-state index contributed by atoms with van der Waals surface area (Å²) >= 11 is 0. The Morgan fingerprint density at radius 1 is 1.05 bits per heavy atom. The van der Waals surface area contributed by atoms with Crippen LogP contribution in [0.3, 0.4) is 0 Å². The summed E-state index contributed by atoms with van der Waals surface area (Å²) in [4.78, 5) is 29.3. The van der Waals surface area contributed by atoms with E-state index in [9.17, 15) is 14.7 Å². The lowest BCUT2D eigenvalue weighted by Crippen LogP contribution is -2.16. The van der Waals surface area contributed by atoms with Crippen LogP contribution in [0, 0.1) is 6.92 Å². The lowest BCUT2D eigenvalue weighted by atomic mass is 9.98. The van der Waals surface area contributed by atoms with Gasteiger partial charge >= 0.3 is 11.9 Å². The van der Waals surface area contributed by atoms with E-state index in [1.165, 1.54) is 7.11 Å². The third-order valence-electron chi connectivity index (χ3n) is 6.82. The summed E-state index contributed by atoms with van der Waals surface area (Å²) in [5, 5.41) is 23.7. The molecule has 0 atom stereocenters. The fraction of sp³-hybridized carbons (Fsp3) is 0.241. The summed E-state index contributed by atoms with van der Waals surface area (Å²) in [6.07, 6.45) is 3.12. The molecule has 2 N–H and O–H groups in total. The molecule has 5 rings (SSSR count). The van der Waals surface area contributed by atoms with Crippen molar-refractivity contribution in [3.8, 4) is 28.3 Å². The summed E-state index contributed by atoms with van der Waals surface area (Å²) in [5.74, 6) is 0.259. The topological polar surface area (TPSA) is 141 Å². The maximum atomic E-state index is 13.1. The van der Waals surface area contributed by atoms with Crippen molar-refractivity contribution >= 4 is 11.9 Å². The summed E-state index contributed by atoms with van der Waals surface area (Å²) in [6.45, 7) is 4.28. The van der Waals surface area contributed by atoms with Crippen molar-refractivity contribution in [1.29, 1.82) is 0 Å². The standard InChI is InChI=1S/C29H29N7O4/c1-4-7-24-30-28(35-15-14-21(18(35)2)16-25(37)38)26(29(39)40-3)36(24)17-19-10-12-20(13-11-19)22-8-5-6-9-23(22)27-31-33-34-32-27/h5-6,8-15H,4,7,16-17H2,1-3H3,(H,37,38)(H,31,32,33,34). The number of methoxy groups -OCH3 is 1. The number of carboxylic acids is 1. The Morgan fingerprint density at radius 2 is 1.80 bits per heavy atom. The maximum Gasteiger partial charge on any atom is 0.358 e. The number of nitrogens with zero attached hydrogens (tertiary/aromatic N) is 6. The Bertz CT molecular complexity index is 1650. The summed E-state index contributed by atoms with van der Waals surface area (Å²) < 4.78 is 8.83. The van der Waals surface area contributed by atoms with Crippen LogP contribution < -0.4 is 0 Å². The normalized spacial score (nSPS) is 11.1. The van der Waals surface area contributed by atoms with Crippen molar-refractivity contribution in [3.63, 3.8) is 0 Å². The predicted molar refractivity (Wildman–Crippen MR) is 147 cm³/mol. The van der Waals surface area contributed by atoms with Gasteiger partial charge in [-0.1, -0.05) is 55.5 Å². The molecule has 0 unspecified atom stereocenters. The van der Waals surface area contributed by atoms with Crippen LogP contribution in [0.2, 0.25) is 0 Å². The van der Waals surface area contributed by atoms with Crippen LogP contribution in [0.25, 0.3) is 28.3 Å². The average molecular weight is 540 g/mol. The molecule has 0 fully saturated rings. The molecule has 0 aliphatic rings. The van der Waals surface area contributed by atoms with E-state index >= 15 is 0 Å². The quantitative estimate of drug-likeness (QED) is 0.251. The van der Waals surface area contributed by atoms with Crippen molar-refractivity contribution in [2.75, 3.05) is 7.11 Å². The number of rotatable bonds is 10. The van der Waals surface area contributed by atoms with E-state index in [1.807, 2.05) is 60.0 Å². The van der Waals surface area contributed by atoms with Crippen LogP contribution >= 0.6 is 0 Å². The van der Waals surface area contributed by atoms with Crippen LogP contribution in [-0.4, -0.2) is 58.9 Å². The summed E-state index contributed by atoms with van der Waals surface area (Å²) in [5.41, 5.74) is 5.50. The highest BCUT2D eigenvalue weighted by Crippen LogP contribution is 2.30. The molecule has 5 aromatic rings. The maximum absolute atomic E-state index is 13.1. The van der Waals surface area contributed by atoms with Gasteiger partial charge in [0.2, 0.25) is 5.82 Å². The molecule has 3 aromatic heterocycles. The number of carboxylic acid groups (broad SMARTS) is 1. The molecule has 0 aliphatic carbocycles. The van der Waals surface area contributed by atoms with E-state index in [4.69, 9.17) is 9.72 Å². The first kappa shape index (κ1) is 26.5. The number of aliphatic carboxylic acids is 1. The number of carbonyl (C=O) groups is 2. The highest BCUT2D eigenvalue weighted by atomic mass is 16.5. The van der Waals surface area contributed by atoms with Gasteiger partial charge in [-0.25, -0.2) is 9.78 Å². The number of aromatic amines is 1. The fourth-order valence-corrected chi connectivity index (χ4v) is 4.85. The molecule has 0 spiro atoms. The van der Waals surface area contributed by atoms with Gasteiger partial charge in [-0.2, -0.15) is 5.21 Å². The molecule has 40 heavy (non-hydrogen) atoms. The minimum Gasteiger partial charge on any atom is -0.481 e. The number of tetrazole rings is 1. The van der Waals surface area contributed by atoms with Gasteiger partial charge in [0.1, 0.15) is 5.82 Å². The van der Waals surface area contributed by atoms with Gasteiger partial charge in [-0.3, -0.25) is 4.79 Å². The molecule has 204 valence electrons. The molecule has 0 amide bonds. The lowest BCUT2D eigenvalue weighted by Gasteiger charge is -2.13. The largest absolute Gasteiger partial charge is 0.481 e. The van der Waals surface area contributed by atoms with Gasteiger partial charge in [0.15, 0.2) is 11.5 Å². The number of ether oxygens (including phenoxy) is 1. The number of aryl methyl sites for hydroxylation is 1. The summed E-state index contributed by atoms with van der Waals surface area (Å²) in [7, 11) is 1.34. The second-order valence-electron chi connectivity index (χ2n) is 9.37. The van der Waals surface area contributed by atoms with E-state index in [0.29, 0.717) is 41.6 Å². The number of benzene rings is 2. The first-order valence-corrected chi connectivity index (χ1v) is 12.9. The van der Waals surface area contributed by atoms with E-state index in [0.717, 1.165) is 34.5 Å². The Hall–Kier alpha value is -5.06. The molecule has 0 saturated heterocycles. The number of imidazole rings is 1. The second kappa shape index (κ2) is 11.4. The Kier molecular flexibility index (Phi) is 7.54. The van der Waals surface area contributed by atoms with Crippen molar-refractivity contribution in [2.24, 2.45) is 0 Å². The van der Waals surface area contributed by atoms with Crippen molar-refractivity contribution in [3.05, 3.63) is 89.1 Å². The minimum absolute atomic E-state index is 0.114. The number of esters is 1. The average Bonchev–Trinajstić information content (AvgIpc) is 3.69. The Balaban J connectivity index is 1.53. The highest BCUT2D eigenvalue weighted by Gasteiger charge is 2.26. The number of hydrogen-bond donors (Lipinski definition) is 2. The van der Waals surface area contributed by atoms with Gasteiger partial charge in [0.05, 0.1) is 13.5 Å². The zero-order valence-electron chi connectivity index (χ0n) is 22.5. The zero-order chi connectivity index (χ0) is 28.2. The monoisotopic (exact) mass is 539 g/mol. The highest BCUT2D eigenvalue weighted by molar-refractivity contribution is 5.91. The van der Waals surface area contributed by atoms with Crippen LogP contribution in [-0.2, 0) is 28.9 Å². The molecule has 11 heteroatoms. The van der Waals surface area contributed by atoms with E-state index < -0.39 is 11.9 Å². The first-order chi connectivity index (χ1) is 19.4. The molecule has 3 heterocycles. The molecule has 0 saturated carbocycles. The van der Waals surface area contributed by atoms with Gasteiger partial charge in [0.25, 0.3) is 0 Å². The number of carbonyl (C=O) groups excluding carboxylic acids is 1. The van der Waals surface area contributed by atoms with E-state index in [2.05, 4.69) is 27.5 Å². The van der Waals surface area contributed by atoms with Crippen molar-refractivity contribution < 1.29 is 19.4 Å². The van der Waals surface area contributed by atoms with E-state index in [1.54, 1.807) is 16.8 Å². The minimum atomic E-state index is -0.922. The Morgan fingerprint density at radius 3 is 2.45 bits per heavy atom. The smallest absolute Gasteiger partial charge is 0.358 e. The number of aromatic nitrogens is 7. The van der Waals surface area contributed by atoms with Crippen molar-refractivity contribution in [2.45, 2.75) is 39.7 Å². The van der Waals surface area contributed by atoms with E-state index in [-0.39, 0.29) is 6.42 Å². The fourth-order valence-electron chi connectivity index (χ4n) is 4.85. The number of nitrogens with one attached hydrogen (secondary N) is 1. The third kappa shape index (κ3) is 5.13. The molecular weight excluding hydrogens is 510 g/mol. The third-order valence-corrected chi connectivity index (χ3v) is 6.82. The SMILES string of the molecule is CCCc1nc(-n2ccc(CC(=O)O)c2C)c(C(=O)OC)n1Cc1ccc(-c2ccccc2-c2nn[nH]n2)cc1. The Labute approximate surface area is 230 Å². The van der Waals surface area contributed by atoms with Gasteiger partial charge < -0.3 is 19.0 Å². The summed E-state index contributed by atoms with van der Waals surface area (Å²) in [6, 6.07) is 17.7. The molecule has 0 radical (unpaired) electrons. The zero-order valence-corrected chi connectivity index (χ0v) is 22.5. The molecule has 11 nitrogen and oxygen atoms in total. The molecular formula is C29H29N7O4. The molecule has 0 bridgehead atoms. The van der Waals surface area contributed by atoms with Crippen LogP contribution in [0.1, 0.15) is 46.5 Å². The lowest BCUT2D eigenvalue weighted by molar-refractivity contribution is -0.136. The number of hydrogen-bond acceptors (Lipinski definition) is 7. The second-order valence-corrected chi connectivity index (χ2v) is 9.37. The van der Waals surface area contributed by atoms with Crippen molar-refractivity contribution in [1.82, 2.24) is 34.7 Å². The number of H-pyrrole nitrogens is 1. The van der Waals surface area contributed by atoms with Crippen LogP contribution in [0.5, 0.6) is 0 Å². The first-order valence-electron chi connectivity index (χ1n) is 12.9. The van der Waals surface area contributed by atoms with Gasteiger partial charge in [0, 0.05) is 30.4 Å². The molecule has 2 aromatic carbocycles. The van der Waals surface area contributed by atoms with Crippen LogP contribution in [0.4, 0.5) is 0 Å². The predicted octanol–water partition coefficient (Wildman–Crippen LogP) is 4.24. The van der Waals surface area contributed by atoms with Gasteiger partial charge in [-0.05, 0) is 46.9 Å². The van der Waals surface area contributed by atoms with Gasteiger partial charge in [-0.15, -0.1) is 10.2 Å². The van der Waals surface area contributed by atoms with Crippen LogP contribution in [0.15, 0.2) is 60.8 Å².